The van der Waals surface area contributed by atoms with E-state index in [0.29, 0.717) is 5.92 Å². The van der Waals surface area contributed by atoms with Crippen molar-refractivity contribution in [3.8, 4) is 33.4 Å². The molecule has 0 atom stereocenters. The third kappa shape index (κ3) is 5.09. The molecule has 2 nitrogen and oxygen atoms in total. The number of para-hydroxylation sites is 1. The van der Waals surface area contributed by atoms with E-state index in [2.05, 4.69) is 190 Å². The van der Waals surface area contributed by atoms with Gasteiger partial charge in [0.25, 0.3) is 0 Å². The highest BCUT2D eigenvalue weighted by Gasteiger charge is 2.37. The highest BCUT2D eigenvalue weighted by atomic mass is 16.3. The second-order valence-corrected chi connectivity index (χ2v) is 15.6. The summed E-state index contributed by atoms with van der Waals surface area (Å²) in [5, 5.41) is 4.72. The molecule has 2 heteroatoms. The van der Waals surface area contributed by atoms with E-state index >= 15 is 0 Å². The Morgan fingerprint density at radius 3 is 1.96 bits per heavy atom. The molecule has 1 heterocycles. The molecule has 0 radical (unpaired) electrons. The van der Waals surface area contributed by atoms with Crippen LogP contribution < -0.4 is 4.90 Å². The van der Waals surface area contributed by atoms with Crippen molar-refractivity contribution in [3.05, 3.63) is 187 Å². The van der Waals surface area contributed by atoms with Gasteiger partial charge in [0.15, 0.2) is 0 Å². The molecule has 1 aliphatic rings. The third-order valence-corrected chi connectivity index (χ3v) is 11.6. The van der Waals surface area contributed by atoms with E-state index in [4.69, 9.17) is 4.42 Å². The fraction of sp³-hybridized carbons (Fsp3) is 0.115. The minimum atomic E-state index is -0.136. The second kappa shape index (κ2) is 12.4. The van der Waals surface area contributed by atoms with E-state index in [1.165, 1.54) is 60.8 Å². The number of hydrogen-bond acceptors (Lipinski definition) is 2. The maximum atomic E-state index is 6.15. The Morgan fingerprint density at radius 2 is 1.17 bits per heavy atom. The molecule has 0 N–H and O–H groups in total. The molecular weight excluding hydrogens is 655 g/mol. The Balaban J connectivity index is 1.17. The summed E-state index contributed by atoms with van der Waals surface area (Å²) in [5.41, 5.74) is 16.8. The van der Waals surface area contributed by atoms with E-state index in [1.807, 2.05) is 12.1 Å². The topological polar surface area (TPSA) is 16.4 Å². The van der Waals surface area contributed by atoms with Crippen LogP contribution in [0.25, 0.3) is 66.1 Å². The maximum absolute atomic E-state index is 6.15. The summed E-state index contributed by atoms with van der Waals surface area (Å²) >= 11 is 0. The van der Waals surface area contributed by atoms with E-state index in [9.17, 15) is 0 Å². The predicted molar refractivity (Wildman–Crippen MR) is 228 cm³/mol. The summed E-state index contributed by atoms with van der Waals surface area (Å²) in [6.07, 6.45) is 0. The van der Waals surface area contributed by atoms with Gasteiger partial charge in [-0.3, -0.25) is 0 Å². The van der Waals surface area contributed by atoms with Gasteiger partial charge in [-0.2, -0.15) is 0 Å². The van der Waals surface area contributed by atoms with Crippen LogP contribution in [0.15, 0.2) is 174 Å². The van der Waals surface area contributed by atoms with Crippen LogP contribution in [0, 0.1) is 0 Å². The molecule has 0 fully saturated rings. The molecule has 0 amide bonds. The number of furan rings is 1. The van der Waals surface area contributed by atoms with E-state index in [1.54, 1.807) is 0 Å². The van der Waals surface area contributed by atoms with Gasteiger partial charge in [-0.05, 0) is 116 Å². The van der Waals surface area contributed by atoms with Gasteiger partial charge >= 0.3 is 0 Å². The Morgan fingerprint density at radius 1 is 0.481 bits per heavy atom. The zero-order valence-electron chi connectivity index (χ0n) is 31.1. The summed E-state index contributed by atoms with van der Waals surface area (Å²) < 4.78 is 6.15. The van der Waals surface area contributed by atoms with Crippen LogP contribution in [0.1, 0.15) is 50.3 Å². The van der Waals surface area contributed by atoms with Crippen molar-refractivity contribution < 1.29 is 4.42 Å². The molecule has 0 bridgehead atoms. The number of anilines is 3. The van der Waals surface area contributed by atoms with E-state index < -0.39 is 0 Å². The summed E-state index contributed by atoms with van der Waals surface area (Å²) in [4.78, 5) is 2.47. The van der Waals surface area contributed by atoms with Gasteiger partial charge in [0.05, 0.1) is 5.69 Å². The Bertz CT molecular complexity index is 2880. The van der Waals surface area contributed by atoms with E-state index in [0.717, 1.165) is 39.0 Å². The number of hydrogen-bond donors (Lipinski definition) is 0. The van der Waals surface area contributed by atoms with Gasteiger partial charge < -0.3 is 9.32 Å². The molecule has 8 aromatic carbocycles. The van der Waals surface area contributed by atoms with Crippen LogP contribution in [-0.2, 0) is 5.41 Å². The molecule has 260 valence electrons. The fourth-order valence-corrected chi connectivity index (χ4v) is 8.82. The largest absolute Gasteiger partial charge is 0.456 e. The molecule has 0 unspecified atom stereocenters. The third-order valence-electron chi connectivity index (χ3n) is 11.6. The van der Waals surface area contributed by atoms with Crippen LogP contribution in [0.3, 0.4) is 0 Å². The number of fused-ring (bicyclic) bond motifs is 7. The SMILES string of the molecule is CC(C)c1cccc2c1-c1ccc(N(c3ccc(-c4ccc5oc6ccccc6c5c4)cc3)c3cc4ccccc4cc3-c3ccccc3)cc1C2(C)C. The second-order valence-electron chi connectivity index (χ2n) is 15.6. The molecule has 0 saturated heterocycles. The van der Waals surface area contributed by atoms with Crippen LogP contribution in [0.4, 0.5) is 17.1 Å². The first-order valence-electron chi connectivity index (χ1n) is 19.0. The van der Waals surface area contributed by atoms with Crippen LogP contribution in [0.5, 0.6) is 0 Å². The molecule has 10 rings (SSSR count). The first-order valence-corrected chi connectivity index (χ1v) is 19.0. The molecule has 9 aromatic rings. The zero-order chi connectivity index (χ0) is 36.6. The Kier molecular flexibility index (Phi) is 7.39. The molecular formula is C52H41NO. The lowest BCUT2D eigenvalue weighted by Gasteiger charge is -2.30. The standard InChI is InChI=1S/C52H41NO/c1-33(2)41-18-12-19-46-51(41)43-27-26-40(32-47(43)52(46,3)4)53(48-31-37-16-9-8-15-36(37)29-44(48)35-13-6-5-7-14-35)39-24-21-34(22-25-39)38-23-28-50-45(30-38)42-17-10-11-20-49(42)54-50/h5-33H,1-4H3. The number of nitrogens with zero attached hydrogens (tertiary/aromatic N) is 1. The van der Waals surface area contributed by atoms with Crippen molar-refractivity contribution in [1.82, 2.24) is 0 Å². The molecule has 1 aromatic heterocycles. The average Bonchev–Trinajstić information content (AvgIpc) is 3.69. The van der Waals surface area contributed by atoms with Gasteiger partial charge in [0.1, 0.15) is 11.2 Å². The summed E-state index contributed by atoms with van der Waals surface area (Å²) in [6.45, 7) is 9.38. The minimum Gasteiger partial charge on any atom is -0.456 e. The summed E-state index contributed by atoms with van der Waals surface area (Å²) in [6, 6.07) is 62.2. The van der Waals surface area contributed by atoms with Gasteiger partial charge in [-0.25, -0.2) is 0 Å². The molecule has 0 spiro atoms. The lowest BCUT2D eigenvalue weighted by atomic mass is 9.81. The van der Waals surface area contributed by atoms with Crippen molar-refractivity contribution in [3.63, 3.8) is 0 Å². The molecule has 1 aliphatic carbocycles. The maximum Gasteiger partial charge on any atom is 0.135 e. The average molecular weight is 696 g/mol. The van der Waals surface area contributed by atoms with Crippen LogP contribution >= 0.6 is 0 Å². The first-order chi connectivity index (χ1) is 26.3. The molecule has 0 saturated carbocycles. The highest BCUT2D eigenvalue weighted by molar-refractivity contribution is 6.06. The summed E-state index contributed by atoms with van der Waals surface area (Å²) in [7, 11) is 0. The van der Waals surface area contributed by atoms with Crippen LogP contribution in [0.2, 0.25) is 0 Å². The van der Waals surface area contributed by atoms with Gasteiger partial charge in [0.2, 0.25) is 0 Å². The Hall–Kier alpha value is -6.38. The lowest BCUT2D eigenvalue weighted by Crippen LogP contribution is -2.17. The normalized spacial score (nSPS) is 13.1. The fourth-order valence-electron chi connectivity index (χ4n) is 8.82. The molecule has 54 heavy (non-hydrogen) atoms. The predicted octanol–water partition coefficient (Wildman–Crippen LogP) is 15.0. The zero-order valence-corrected chi connectivity index (χ0v) is 31.1. The lowest BCUT2D eigenvalue weighted by molar-refractivity contribution is 0.659. The van der Waals surface area contributed by atoms with Crippen molar-refractivity contribution in [1.29, 1.82) is 0 Å². The van der Waals surface area contributed by atoms with Crippen molar-refractivity contribution in [2.45, 2.75) is 39.0 Å². The van der Waals surface area contributed by atoms with Crippen molar-refractivity contribution in [2.24, 2.45) is 0 Å². The van der Waals surface area contributed by atoms with Gasteiger partial charge in [0, 0.05) is 33.1 Å². The quantitative estimate of drug-likeness (QED) is 0.172. The smallest absolute Gasteiger partial charge is 0.135 e. The van der Waals surface area contributed by atoms with Crippen molar-refractivity contribution >= 4 is 49.8 Å². The monoisotopic (exact) mass is 695 g/mol. The summed E-state index contributed by atoms with van der Waals surface area (Å²) in [5.74, 6) is 0.440. The number of rotatable bonds is 6. The Labute approximate surface area is 316 Å². The minimum absolute atomic E-state index is 0.136. The first kappa shape index (κ1) is 32.3. The van der Waals surface area contributed by atoms with Gasteiger partial charge in [-0.15, -0.1) is 0 Å². The van der Waals surface area contributed by atoms with Gasteiger partial charge in [-0.1, -0.05) is 143 Å². The molecule has 0 aliphatic heterocycles. The highest BCUT2D eigenvalue weighted by Crippen LogP contribution is 2.53. The van der Waals surface area contributed by atoms with E-state index in [-0.39, 0.29) is 5.41 Å². The van der Waals surface area contributed by atoms with Crippen LogP contribution in [-0.4, -0.2) is 0 Å². The number of benzene rings is 8. The van der Waals surface area contributed by atoms with Crippen molar-refractivity contribution in [2.75, 3.05) is 4.90 Å².